The van der Waals surface area contributed by atoms with E-state index >= 15 is 0 Å². The number of halogens is 2. The molecule has 1 aliphatic rings. The number of nitrogens with one attached hydrogen (secondary N) is 1. The fraction of sp³-hybridized carbons (Fsp3) is 0.391. The quantitative estimate of drug-likeness (QED) is 0.551. The molecule has 1 fully saturated rings. The summed E-state index contributed by atoms with van der Waals surface area (Å²) in [5.74, 6) is 1.05. The molecule has 7 heteroatoms. The van der Waals surface area contributed by atoms with Crippen molar-refractivity contribution >= 4 is 35.1 Å². The van der Waals surface area contributed by atoms with Crippen LogP contribution in [0, 0.1) is 5.92 Å². The van der Waals surface area contributed by atoms with Crippen molar-refractivity contribution in [3.05, 3.63) is 64.1 Å². The predicted molar refractivity (Wildman–Crippen MR) is 117 cm³/mol. The number of carbonyl (C=O) groups is 2. The third-order valence-corrected chi connectivity index (χ3v) is 5.69. The van der Waals surface area contributed by atoms with Gasteiger partial charge in [-0.25, -0.2) is 4.79 Å². The Morgan fingerprint density at radius 2 is 1.50 bits per heavy atom. The van der Waals surface area contributed by atoms with Crippen LogP contribution in [0.5, 0.6) is 5.75 Å². The Morgan fingerprint density at radius 3 is 2.13 bits per heavy atom. The summed E-state index contributed by atoms with van der Waals surface area (Å²) < 4.78 is 10.8. The van der Waals surface area contributed by atoms with Crippen molar-refractivity contribution in [2.75, 3.05) is 6.61 Å². The Balaban J connectivity index is 1.31. The highest BCUT2D eigenvalue weighted by atomic mass is 35.5. The van der Waals surface area contributed by atoms with Gasteiger partial charge >= 0.3 is 6.09 Å². The number of ether oxygens (including phenoxy) is 2. The van der Waals surface area contributed by atoms with Crippen molar-refractivity contribution in [3.8, 4) is 5.75 Å². The van der Waals surface area contributed by atoms with Gasteiger partial charge in [0.15, 0.2) is 5.78 Å². The Morgan fingerprint density at radius 1 is 0.900 bits per heavy atom. The average molecular weight is 450 g/mol. The van der Waals surface area contributed by atoms with E-state index < -0.39 is 6.09 Å². The van der Waals surface area contributed by atoms with Gasteiger partial charge < -0.3 is 14.8 Å². The molecule has 0 aliphatic heterocycles. The maximum atomic E-state index is 12.2. The number of hydrogen-bond acceptors (Lipinski definition) is 4. The third-order valence-electron chi connectivity index (χ3n) is 5.18. The van der Waals surface area contributed by atoms with Crippen molar-refractivity contribution in [2.45, 2.75) is 44.8 Å². The highest BCUT2D eigenvalue weighted by molar-refractivity contribution is 6.30. The fourth-order valence-corrected chi connectivity index (χ4v) is 3.78. The number of ketones is 1. The van der Waals surface area contributed by atoms with E-state index in [2.05, 4.69) is 5.32 Å². The molecule has 3 rings (SSSR count). The summed E-state index contributed by atoms with van der Waals surface area (Å²) in [5.41, 5.74) is 0.887. The Hall–Kier alpha value is -2.24. The van der Waals surface area contributed by atoms with Gasteiger partial charge in [0.25, 0.3) is 0 Å². The SMILES string of the molecule is O=C(COc1ccc(Cl)cc1)CC1CCC(NC(=O)OCc2ccc(Cl)cc2)CC1. The molecule has 1 saturated carbocycles. The molecular formula is C23H25Cl2NO4. The molecule has 0 spiro atoms. The van der Waals surface area contributed by atoms with Gasteiger partial charge in [0.05, 0.1) is 0 Å². The zero-order valence-corrected chi connectivity index (χ0v) is 18.1. The Kier molecular flexibility index (Phi) is 8.40. The van der Waals surface area contributed by atoms with E-state index in [1.54, 1.807) is 36.4 Å². The topological polar surface area (TPSA) is 64.6 Å². The Labute approximate surface area is 186 Å². The number of Topliss-reactive ketones (excluding diaryl/α,β-unsaturated/α-hetero) is 1. The maximum absolute atomic E-state index is 12.2. The zero-order valence-electron chi connectivity index (χ0n) is 16.6. The van der Waals surface area contributed by atoms with Crippen LogP contribution in [-0.4, -0.2) is 24.5 Å². The summed E-state index contributed by atoms with van der Waals surface area (Å²) in [7, 11) is 0. The lowest BCUT2D eigenvalue weighted by Crippen LogP contribution is -2.38. The standard InChI is InChI=1S/C23H25Cl2NO4/c24-18-5-1-17(2-6-18)14-30-23(28)26-20-9-3-16(4-10-20)13-21(27)15-29-22-11-7-19(25)8-12-22/h1-2,5-8,11-12,16,20H,3-4,9-10,13-15H2,(H,26,28). The first-order chi connectivity index (χ1) is 14.5. The average Bonchev–Trinajstić information content (AvgIpc) is 2.74. The second-order valence-electron chi connectivity index (χ2n) is 7.55. The fourth-order valence-electron chi connectivity index (χ4n) is 3.52. The zero-order chi connectivity index (χ0) is 21.3. The highest BCUT2D eigenvalue weighted by Gasteiger charge is 2.24. The van der Waals surface area contributed by atoms with E-state index in [-0.39, 0.29) is 25.0 Å². The Bertz CT molecular complexity index is 760. The van der Waals surface area contributed by atoms with E-state index in [0.29, 0.717) is 28.1 Å². The normalized spacial score (nSPS) is 18.5. The van der Waals surface area contributed by atoms with Crippen LogP contribution >= 0.6 is 23.2 Å². The number of benzene rings is 2. The van der Waals surface area contributed by atoms with Crippen LogP contribution in [0.4, 0.5) is 4.79 Å². The predicted octanol–water partition coefficient (Wildman–Crippen LogP) is 5.82. The lowest BCUT2D eigenvalue weighted by molar-refractivity contribution is -0.122. The summed E-state index contributed by atoms with van der Waals surface area (Å²) >= 11 is 11.7. The molecule has 2 aromatic rings. The number of carbonyl (C=O) groups excluding carboxylic acids is 2. The molecule has 2 aromatic carbocycles. The summed E-state index contributed by atoms with van der Waals surface area (Å²) in [6.45, 7) is 0.275. The van der Waals surface area contributed by atoms with Crippen molar-refractivity contribution in [1.29, 1.82) is 0 Å². The molecule has 0 unspecified atom stereocenters. The summed E-state index contributed by atoms with van der Waals surface area (Å²) in [6, 6.07) is 14.2. The lowest BCUT2D eigenvalue weighted by atomic mass is 9.83. The lowest BCUT2D eigenvalue weighted by Gasteiger charge is -2.28. The van der Waals surface area contributed by atoms with Gasteiger partial charge in [-0.15, -0.1) is 0 Å². The minimum absolute atomic E-state index is 0.0663. The van der Waals surface area contributed by atoms with Gasteiger partial charge in [-0.2, -0.15) is 0 Å². The molecule has 1 amide bonds. The van der Waals surface area contributed by atoms with Crippen molar-refractivity contribution in [1.82, 2.24) is 5.32 Å². The number of rotatable bonds is 8. The summed E-state index contributed by atoms with van der Waals surface area (Å²) in [5, 5.41) is 4.20. The second kappa shape index (κ2) is 11.2. The van der Waals surface area contributed by atoms with Crippen LogP contribution in [0.2, 0.25) is 10.0 Å². The first-order valence-electron chi connectivity index (χ1n) is 10.1. The molecule has 0 radical (unpaired) electrons. The summed E-state index contributed by atoms with van der Waals surface area (Å²) in [4.78, 5) is 24.2. The van der Waals surface area contributed by atoms with Gasteiger partial charge in [0.2, 0.25) is 0 Å². The van der Waals surface area contributed by atoms with Gasteiger partial charge in [0.1, 0.15) is 19.0 Å². The van der Waals surface area contributed by atoms with Crippen LogP contribution < -0.4 is 10.1 Å². The molecule has 0 atom stereocenters. The number of alkyl carbamates (subject to hydrolysis) is 1. The number of amides is 1. The molecule has 1 N–H and O–H groups in total. The van der Waals surface area contributed by atoms with Crippen molar-refractivity contribution in [2.24, 2.45) is 5.92 Å². The van der Waals surface area contributed by atoms with Crippen LogP contribution in [0.25, 0.3) is 0 Å². The van der Waals surface area contributed by atoms with Crippen LogP contribution in [0.3, 0.4) is 0 Å². The minimum Gasteiger partial charge on any atom is -0.486 e. The van der Waals surface area contributed by atoms with E-state index in [0.717, 1.165) is 31.2 Å². The van der Waals surface area contributed by atoms with Crippen LogP contribution in [-0.2, 0) is 16.1 Å². The van der Waals surface area contributed by atoms with Crippen molar-refractivity contribution in [3.63, 3.8) is 0 Å². The molecule has 0 heterocycles. The smallest absolute Gasteiger partial charge is 0.407 e. The van der Waals surface area contributed by atoms with E-state index in [1.807, 2.05) is 12.1 Å². The third kappa shape index (κ3) is 7.54. The highest BCUT2D eigenvalue weighted by Crippen LogP contribution is 2.27. The molecule has 160 valence electrons. The maximum Gasteiger partial charge on any atom is 0.407 e. The van der Waals surface area contributed by atoms with Gasteiger partial charge in [-0.3, -0.25) is 4.79 Å². The molecule has 0 bridgehead atoms. The molecule has 30 heavy (non-hydrogen) atoms. The molecule has 5 nitrogen and oxygen atoms in total. The van der Waals surface area contributed by atoms with Gasteiger partial charge in [-0.1, -0.05) is 35.3 Å². The minimum atomic E-state index is -0.416. The second-order valence-corrected chi connectivity index (χ2v) is 8.42. The van der Waals surface area contributed by atoms with Crippen LogP contribution in [0.15, 0.2) is 48.5 Å². The largest absolute Gasteiger partial charge is 0.486 e. The molecule has 0 saturated heterocycles. The van der Waals surface area contributed by atoms with Gasteiger partial charge in [-0.05, 0) is 73.6 Å². The summed E-state index contributed by atoms with van der Waals surface area (Å²) in [6.07, 6.45) is 3.56. The monoisotopic (exact) mass is 449 g/mol. The van der Waals surface area contributed by atoms with E-state index in [1.165, 1.54) is 0 Å². The molecule has 1 aliphatic carbocycles. The molecule has 0 aromatic heterocycles. The van der Waals surface area contributed by atoms with Crippen molar-refractivity contribution < 1.29 is 19.1 Å². The van der Waals surface area contributed by atoms with Crippen LogP contribution in [0.1, 0.15) is 37.7 Å². The first-order valence-corrected chi connectivity index (χ1v) is 10.8. The molecular weight excluding hydrogens is 425 g/mol. The van der Waals surface area contributed by atoms with E-state index in [9.17, 15) is 9.59 Å². The first kappa shape index (κ1) is 22.4. The van der Waals surface area contributed by atoms with E-state index in [4.69, 9.17) is 32.7 Å². The number of hydrogen-bond donors (Lipinski definition) is 1. The van der Waals surface area contributed by atoms with Gasteiger partial charge in [0, 0.05) is 22.5 Å².